The van der Waals surface area contributed by atoms with Crippen molar-refractivity contribution in [2.45, 2.75) is 31.7 Å². The Kier molecular flexibility index (Phi) is 8.54. The van der Waals surface area contributed by atoms with Crippen molar-refractivity contribution in [3.8, 4) is 11.5 Å². The molecule has 0 bridgehead atoms. The Bertz CT molecular complexity index is 720. The highest BCUT2D eigenvalue weighted by Gasteiger charge is 2.37. The molecule has 8 nitrogen and oxygen atoms in total. The molecule has 1 heterocycles. The zero-order valence-electron chi connectivity index (χ0n) is 18.9. The topological polar surface area (TPSA) is 80.3 Å². The maximum absolute atomic E-state index is 13.1. The summed E-state index contributed by atoms with van der Waals surface area (Å²) in [7, 11) is 4.78. The van der Waals surface area contributed by atoms with Crippen molar-refractivity contribution in [2.75, 3.05) is 60.7 Å². The van der Waals surface area contributed by atoms with E-state index in [1.807, 2.05) is 4.90 Å². The van der Waals surface area contributed by atoms with Gasteiger partial charge in [0.15, 0.2) is 0 Å². The van der Waals surface area contributed by atoms with Gasteiger partial charge >= 0.3 is 0 Å². The number of ether oxygens (including phenoxy) is 3. The van der Waals surface area contributed by atoms with E-state index in [0.29, 0.717) is 62.3 Å². The maximum Gasteiger partial charge on any atom is 0.254 e. The van der Waals surface area contributed by atoms with Gasteiger partial charge in [-0.25, -0.2) is 0 Å². The summed E-state index contributed by atoms with van der Waals surface area (Å²) in [5.74, 6) is 1.61. The average molecular weight is 434 g/mol. The van der Waals surface area contributed by atoms with Crippen LogP contribution in [0.1, 0.15) is 36.0 Å². The molecule has 1 aliphatic carbocycles. The van der Waals surface area contributed by atoms with Crippen LogP contribution in [-0.4, -0.2) is 88.3 Å². The summed E-state index contributed by atoms with van der Waals surface area (Å²) in [5.41, 5.74) is 0.550. The van der Waals surface area contributed by atoms with Gasteiger partial charge in [0.2, 0.25) is 5.91 Å². The number of hydrogen-bond donors (Lipinski definition) is 1. The first-order valence-corrected chi connectivity index (χ1v) is 11.1. The zero-order chi connectivity index (χ0) is 22.2. The number of methoxy groups -OCH3 is 3. The highest BCUT2D eigenvalue weighted by atomic mass is 16.5. The average Bonchev–Trinajstić information content (AvgIpc) is 3.33. The molecule has 1 aromatic rings. The molecule has 1 aromatic carbocycles. The van der Waals surface area contributed by atoms with E-state index in [1.165, 1.54) is 12.8 Å². The summed E-state index contributed by atoms with van der Waals surface area (Å²) in [5, 5.41) is 3.03. The first kappa shape index (κ1) is 23.3. The molecule has 0 spiro atoms. The standard InChI is InChI=1S/C23H35N3O5/c1-29-13-8-24-22(27)21(17-6-4-5-7-17)25-9-11-26(12-10-25)23(28)18-14-19(30-2)16-20(15-18)31-3/h14-17,21H,4-13H2,1-3H3,(H,24,27). The molecular weight excluding hydrogens is 398 g/mol. The predicted octanol–water partition coefficient (Wildman–Crippen LogP) is 1.78. The van der Waals surface area contributed by atoms with Gasteiger partial charge in [-0.2, -0.15) is 0 Å². The largest absolute Gasteiger partial charge is 0.497 e. The summed E-state index contributed by atoms with van der Waals surface area (Å²) in [4.78, 5) is 30.2. The minimum absolute atomic E-state index is 0.0428. The summed E-state index contributed by atoms with van der Waals surface area (Å²) in [6.07, 6.45) is 4.54. The van der Waals surface area contributed by atoms with Gasteiger partial charge in [0.25, 0.3) is 5.91 Å². The third kappa shape index (κ3) is 5.89. The molecule has 0 radical (unpaired) electrons. The third-order valence-electron chi connectivity index (χ3n) is 6.31. The summed E-state index contributed by atoms with van der Waals surface area (Å²) in [6, 6.07) is 5.10. The summed E-state index contributed by atoms with van der Waals surface area (Å²) < 4.78 is 15.7. The number of amides is 2. The van der Waals surface area contributed by atoms with Crippen LogP contribution in [0.15, 0.2) is 18.2 Å². The first-order chi connectivity index (χ1) is 15.1. The van der Waals surface area contributed by atoms with Gasteiger partial charge in [0, 0.05) is 51.5 Å². The highest BCUT2D eigenvalue weighted by molar-refractivity contribution is 5.95. The number of benzene rings is 1. The summed E-state index contributed by atoms with van der Waals surface area (Å²) in [6.45, 7) is 3.58. The fraction of sp³-hybridized carbons (Fsp3) is 0.652. The van der Waals surface area contributed by atoms with E-state index in [9.17, 15) is 9.59 Å². The Balaban J connectivity index is 1.64. The van der Waals surface area contributed by atoms with Gasteiger partial charge < -0.3 is 24.4 Å². The van der Waals surface area contributed by atoms with Gasteiger partial charge in [-0.05, 0) is 30.9 Å². The Labute approximate surface area is 184 Å². The van der Waals surface area contributed by atoms with Crippen molar-refractivity contribution < 1.29 is 23.8 Å². The molecule has 1 saturated carbocycles. The number of nitrogens with zero attached hydrogens (tertiary/aromatic N) is 2. The Hall–Kier alpha value is -2.32. The second-order valence-corrected chi connectivity index (χ2v) is 8.20. The van der Waals surface area contributed by atoms with Crippen molar-refractivity contribution in [3.63, 3.8) is 0 Å². The zero-order valence-corrected chi connectivity index (χ0v) is 18.9. The second kappa shape index (κ2) is 11.3. The van der Waals surface area contributed by atoms with Gasteiger partial charge in [0.1, 0.15) is 11.5 Å². The lowest BCUT2D eigenvalue weighted by Gasteiger charge is -2.40. The molecule has 2 fully saturated rings. The maximum atomic E-state index is 13.1. The van der Waals surface area contributed by atoms with Gasteiger partial charge in [-0.1, -0.05) is 12.8 Å². The van der Waals surface area contributed by atoms with E-state index >= 15 is 0 Å². The van der Waals surface area contributed by atoms with Crippen LogP contribution in [0, 0.1) is 5.92 Å². The number of hydrogen-bond acceptors (Lipinski definition) is 6. The van der Waals surface area contributed by atoms with E-state index < -0.39 is 0 Å². The lowest BCUT2D eigenvalue weighted by Crippen LogP contribution is -2.58. The molecule has 172 valence electrons. The fourth-order valence-corrected chi connectivity index (χ4v) is 4.65. The van der Waals surface area contributed by atoms with Crippen LogP contribution in [0.5, 0.6) is 11.5 Å². The normalized spacial score (nSPS) is 18.6. The van der Waals surface area contributed by atoms with E-state index in [2.05, 4.69) is 10.2 Å². The van der Waals surface area contributed by atoms with Gasteiger partial charge in [-0.3, -0.25) is 14.5 Å². The highest BCUT2D eigenvalue weighted by Crippen LogP contribution is 2.31. The fourth-order valence-electron chi connectivity index (χ4n) is 4.65. The molecule has 8 heteroatoms. The van der Waals surface area contributed by atoms with Gasteiger partial charge in [0.05, 0.1) is 26.9 Å². The number of rotatable bonds is 9. The second-order valence-electron chi connectivity index (χ2n) is 8.20. The smallest absolute Gasteiger partial charge is 0.254 e. The van der Waals surface area contributed by atoms with E-state index in [1.54, 1.807) is 39.5 Å². The van der Waals surface area contributed by atoms with E-state index in [4.69, 9.17) is 14.2 Å². The molecule has 1 aliphatic heterocycles. The molecule has 31 heavy (non-hydrogen) atoms. The van der Waals surface area contributed by atoms with Crippen LogP contribution in [-0.2, 0) is 9.53 Å². The van der Waals surface area contributed by atoms with Crippen molar-refractivity contribution in [1.29, 1.82) is 0 Å². The molecule has 1 N–H and O–H groups in total. The Morgan fingerprint density at radius 1 is 1.00 bits per heavy atom. The van der Waals surface area contributed by atoms with Crippen molar-refractivity contribution >= 4 is 11.8 Å². The monoisotopic (exact) mass is 433 g/mol. The van der Waals surface area contributed by atoms with Crippen molar-refractivity contribution in [1.82, 2.24) is 15.1 Å². The van der Waals surface area contributed by atoms with E-state index in [0.717, 1.165) is 12.8 Å². The molecule has 1 atom stereocenters. The molecule has 2 amide bonds. The van der Waals surface area contributed by atoms with Crippen LogP contribution in [0.2, 0.25) is 0 Å². The van der Waals surface area contributed by atoms with E-state index in [-0.39, 0.29) is 17.9 Å². The van der Waals surface area contributed by atoms with Crippen LogP contribution in [0.3, 0.4) is 0 Å². The van der Waals surface area contributed by atoms with Crippen LogP contribution >= 0.6 is 0 Å². The minimum Gasteiger partial charge on any atom is -0.497 e. The number of carbonyl (C=O) groups excluding carboxylic acids is 2. The predicted molar refractivity (Wildman–Crippen MR) is 118 cm³/mol. The Morgan fingerprint density at radius 2 is 1.61 bits per heavy atom. The summed E-state index contributed by atoms with van der Waals surface area (Å²) >= 11 is 0. The molecule has 1 unspecified atom stereocenters. The van der Waals surface area contributed by atoms with Gasteiger partial charge in [-0.15, -0.1) is 0 Å². The molecular formula is C23H35N3O5. The molecule has 3 rings (SSSR count). The number of carbonyl (C=O) groups is 2. The SMILES string of the molecule is COCCNC(=O)C(C1CCCC1)N1CCN(C(=O)c2cc(OC)cc(OC)c2)CC1. The third-order valence-corrected chi connectivity index (χ3v) is 6.31. The van der Waals surface area contributed by atoms with Crippen LogP contribution < -0.4 is 14.8 Å². The number of nitrogens with one attached hydrogen (secondary N) is 1. The van der Waals surface area contributed by atoms with Crippen LogP contribution in [0.4, 0.5) is 0 Å². The first-order valence-electron chi connectivity index (χ1n) is 11.1. The van der Waals surface area contributed by atoms with Crippen molar-refractivity contribution in [3.05, 3.63) is 23.8 Å². The van der Waals surface area contributed by atoms with Crippen molar-refractivity contribution in [2.24, 2.45) is 5.92 Å². The molecule has 1 saturated heterocycles. The number of piperazine rings is 1. The molecule has 2 aliphatic rings. The quantitative estimate of drug-likeness (QED) is 0.598. The Morgan fingerprint density at radius 3 is 2.16 bits per heavy atom. The lowest BCUT2D eigenvalue weighted by atomic mass is 9.95. The molecule has 0 aromatic heterocycles. The van der Waals surface area contributed by atoms with Crippen LogP contribution in [0.25, 0.3) is 0 Å². The lowest BCUT2D eigenvalue weighted by molar-refractivity contribution is -0.129. The minimum atomic E-state index is -0.131.